The number of anilines is 5. The maximum absolute atomic E-state index is 2.52. The number of para-hydroxylation sites is 1. The highest BCUT2D eigenvalue weighted by atomic mass is 15.2. The summed E-state index contributed by atoms with van der Waals surface area (Å²) in [4.78, 5) is 4.91. The van der Waals surface area contributed by atoms with Crippen molar-refractivity contribution in [2.75, 3.05) is 9.80 Å². The fourth-order valence-corrected chi connectivity index (χ4v) is 7.19. The van der Waals surface area contributed by atoms with Crippen LogP contribution in [0.15, 0.2) is 176 Å². The first-order valence-corrected chi connectivity index (χ1v) is 16.8. The van der Waals surface area contributed by atoms with Gasteiger partial charge in [0.15, 0.2) is 0 Å². The van der Waals surface area contributed by atoms with Crippen molar-refractivity contribution in [3.63, 3.8) is 0 Å². The van der Waals surface area contributed by atoms with Crippen molar-refractivity contribution in [1.29, 1.82) is 0 Å². The lowest BCUT2D eigenvalue weighted by atomic mass is 9.98. The van der Waals surface area contributed by atoms with E-state index in [0.29, 0.717) is 0 Å². The molecule has 232 valence electrons. The molecule has 0 amide bonds. The normalized spacial score (nSPS) is 14.0. The predicted octanol–water partition coefficient (Wildman–Crippen LogP) is 12.8. The Bertz CT molecular complexity index is 2280. The van der Waals surface area contributed by atoms with Crippen molar-refractivity contribution in [1.82, 2.24) is 0 Å². The van der Waals surface area contributed by atoms with Crippen LogP contribution in [0.2, 0.25) is 0 Å². The minimum Gasteiger partial charge on any atom is -0.333 e. The molecule has 0 spiro atoms. The molecule has 7 aromatic rings. The van der Waals surface area contributed by atoms with Crippen LogP contribution >= 0.6 is 0 Å². The zero-order chi connectivity index (χ0) is 32.5. The van der Waals surface area contributed by atoms with Crippen LogP contribution in [0, 0.1) is 13.8 Å². The second-order valence-electron chi connectivity index (χ2n) is 12.7. The van der Waals surface area contributed by atoms with Gasteiger partial charge in [-0.15, -0.1) is 0 Å². The van der Waals surface area contributed by atoms with E-state index in [9.17, 15) is 0 Å². The van der Waals surface area contributed by atoms with Gasteiger partial charge in [0.05, 0.1) is 17.4 Å². The third-order valence-electron chi connectivity index (χ3n) is 9.58. The number of benzene rings is 7. The van der Waals surface area contributed by atoms with Gasteiger partial charge in [0.2, 0.25) is 0 Å². The molecule has 0 aromatic heterocycles. The Morgan fingerprint density at radius 2 is 0.979 bits per heavy atom. The second kappa shape index (κ2) is 12.7. The van der Waals surface area contributed by atoms with E-state index in [1.165, 1.54) is 60.9 Å². The maximum atomic E-state index is 2.52. The molecule has 0 N–H and O–H groups in total. The SMILES string of the molecule is Cc1ccc2ccccc2c1N(c1ccccc1)c1ccc(-c2ccc(N(c3c(C)ccc4ccccc34)C3C=CC=CC3)cc2)cc1. The lowest BCUT2D eigenvalue weighted by molar-refractivity contribution is 0.785. The molecule has 48 heavy (non-hydrogen) atoms. The molecule has 2 heteroatoms. The van der Waals surface area contributed by atoms with Crippen LogP contribution in [-0.4, -0.2) is 6.04 Å². The molecule has 0 radical (unpaired) electrons. The van der Waals surface area contributed by atoms with Crippen molar-refractivity contribution in [2.24, 2.45) is 0 Å². The summed E-state index contributed by atoms with van der Waals surface area (Å²) in [5.41, 5.74) is 10.9. The smallest absolute Gasteiger partial charge is 0.0569 e. The van der Waals surface area contributed by atoms with Crippen LogP contribution in [0.5, 0.6) is 0 Å². The van der Waals surface area contributed by atoms with Crippen molar-refractivity contribution >= 4 is 50.0 Å². The number of nitrogens with zero attached hydrogens (tertiary/aromatic N) is 2. The molecule has 2 nitrogen and oxygen atoms in total. The van der Waals surface area contributed by atoms with Gasteiger partial charge < -0.3 is 9.80 Å². The third kappa shape index (κ3) is 5.46. The standard InChI is InChI=1S/C46H38N2/c1-33-21-23-37-13-9-11-19-43(37)45(33)47(39-15-5-3-6-16-39)41-29-25-35(26-30-41)36-27-31-42(32-28-36)48(40-17-7-4-8-18-40)46-34(2)22-24-38-14-10-12-20-44(38)46/h3-17,19-32,40H,18H2,1-2H3. The van der Waals surface area contributed by atoms with Crippen molar-refractivity contribution in [3.8, 4) is 11.1 Å². The monoisotopic (exact) mass is 618 g/mol. The van der Waals surface area contributed by atoms with Gasteiger partial charge in [-0.25, -0.2) is 0 Å². The molecule has 1 aliphatic carbocycles. The largest absolute Gasteiger partial charge is 0.333 e. The number of fused-ring (bicyclic) bond motifs is 2. The minimum atomic E-state index is 0.242. The number of rotatable bonds is 7. The average molecular weight is 619 g/mol. The minimum absolute atomic E-state index is 0.242. The molecule has 0 fully saturated rings. The van der Waals surface area contributed by atoms with Gasteiger partial charge in [0.25, 0.3) is 0 Å². The Morgan fingerprint density at radius 3 is 1.58 bits per heavy atom. The molecule has 7 aromatic carbocycles. The van der Waals surface area contributed by atoms with E-state index < -0.39 is 0 Å². The lowest BCUT2D eigenvalue weighted by Crippen LogP contribution is -2.30. The van der Waals surface area contributed by atoms with Gasteiger partial charge in [0.1, 0.15) is 0 Å². The Morgan fingerprint density at radius 1 is 0.458 bits per heavy atom. The van der Waals surface area contributed by atoms with Gasteiger partial charge >= 0.3 is 0 Å². The van der Waals surface area contributed by atoms with E-state index in [0.717, 1.165) is 17.8 Å². The molecule has 1 aliphatic rings. The molecule has 8 rings (SSSR count). The van der Waals surface area contributed by atoms with Crippen LogP contribution in [0.25, 0.3) is 32.7 Å². The van der Waals surface area contributed by atoms with E-state index in [1.54, 1.807) is 0 Å². The van der Waals surface area contributed by atoms with Crippen LogP contribution in [0.1, 0.15) is 17.5 Å². The summed E-state index contributed by atoms with van der Waals surface area (Å²) in [7, 11) is 0. The van der Waals surface area contributed by atoms with Crippen molar-refractivity contribution < 1.29 is 0 Å². The fraction of sp³-hybridized carbons (Fsp3) is 0.0870. The molecule has 0 aliphatic heterocycles. The predicted molar refractivity (Wildman–Crippen MR) is 206 cm³/mol. The highest BCUT2D eigenvalue weighted by Crippen LogP contribution is 2.42. The Kier molecular flexibility index (Phi) is 7.84. The molecule has 1 unspecified atom stereocenters. The third-order valence-corrected chi connectivity index (χ3v) is 9.58. The van der Waals surface area contributed by atoms with Gasteiger partial charge in [-0.1, -0.05) is 140 Å². The second-order valence-corrected chi connectivity index (χ2v) is 12.7. The highest BCUT2D eigenvalue weighted by Gasteiger charge is 2.23. The average Bonchev–Trinajstić information content (AvgIpc) is 3.15. The van der Waals surface area contributed by atoms with E-state index in [1.807, 2.05) is 0 Å². The number of aryl methyl sites for hydroxylation is 2. The van der Waals surface area contributed by atoms with Crippen molar-refractivity contribution in [3.05, 3.63) is 187 Å². The Hall–Kier alpha value is -5.86. The quantitative estimate of drug-likeness (QED) is 0.175. The molecular weight excluding hydrogens is 581 g/mol. The first-order valence-electron chi connectivity index (χ1n) is 16.8. The summed E-state index contributed by atoms with van der Waals surface area (Å²) >= 11 is 0. The summed E-state index contributed by atoms with van der Waals surface area (Å²) in [6.07, 6.45) is 9.89. The van der Waals surface area contributed by atoms with Gasteiger partial charge in [-0.05, 0) is 89.7 Å². The van der Waals surface area contributed by atoms with Gasteiger partial charge in [-0.3, -0.25) is 0 Å². The molecule has 0 saturated carbocycles. The zero-order valence-electron chi connectivity index (χ0n) is 27.4. The van der Waals surface area contributed by atoms with E-state index >= 15 is 0 Å². The molecule has 0 heterocycles. The molecular formula is C46H38N2. The van der Waals surface area contributed by atoms with Crippen molar-refractivity contribution in [2.45, 2.75) is 26.3 Å². The number of hydrogen-bond donors (Lipinski definition) is 0. The maximum Gasteiger partial charge on any atom is 0.0569 e. The number of allylic oxidation sites excluding steroid dienone is 2. The molecule has 0 bridgehead atoms. The topological polar surface area (TPSA) is 6.48 Å². The van der Waals surface area contributed by atoms with Gasteiger partial charge in [-0.2, -0.15) is 0 Å². The summed E-state index contributed by atoms with van der Waals surface area (Å²) in [5, 5.41) is 5.03. The fourth-order valence-electron chi connectivity index (χ4n) is 7.19. The molecule has 0 saturated heterocycles. The molecule has 1 atom stereocenters. The summed E-state index contributed by atoms with van der Waals surface area (Å²) in [6, 6.07) is 55.4. The number of hydrogen-bond acceptors (Lipinski definition) is 2. The van der Waals surface area contributed by atoms with Crippen LogP contribution in [-0.2, 0) is 0 Å². The van der Waals surface area contributed by atoms with Crippen LogP contribution < -0.4 is 9.80 Å². The zero-order valence-corrected chi connectivity index (χ0v) is 27.4. The van der Waals surface area contributed by atoms with E-state index in [4.69, 9.17) is 0 Å². The lowest BCUT2D eigenvalue weighted by Gasteiger charge is -2.35. The first-order chi connectivity index (χ1) is 23.7. The van der Waals surface area contributed by atoms with E-state index in [2.05, 4.69) is 200 Å². The van der Waals surface area contributed by atoms with Crippen LogP contribution in [0.4, 0.5) is 28.4 Å². The Labute approximate surface area is 283 Å². The Balaban J connectivity index is 1.17. The van der Waals surface area contributed by atoms with Gasteiger partial charge in [0, 0.05) is 27.8 Å². The highest BCUT2D eigenvalue weighted by molar-refractivity contribution is 6.01. The summed E-state index contributed by atoms with van der Waals surface area (Å²) < 4.78 is 0. The summed E-state index contributed by atoms with van der Waals surface area (Å²) in [5.74, 6) is 0. The van der Waals surface area contributed by atoms with Crippen LogP contribution in [0.3, 0.4) is 0 Å². The first kappa shape index (κ1) is 29.5. The summed E-state index contributed by atoms with van der Waals surface area (Å²) in [6.45, 7) is 4.43. The van der Waals surface area contributed by atoms with E-state index in [-0.39, 0.29) is 6.04 Å².